The van der Waals surface area contributed by atoms with Crippen molar-refractivity contribution in [2.75, 3.05) is 13.1 Å². The number of carboxylic acids is 3. The second-order valence-electron chi connectivity index (χ2n) is 7.87. The van der Waals surface area contributed by atoms with Crippen LogP contribution in [0.25, 0.3) is 0 Å². The second-order valence-corrected chi connectivity index (χ2v) is 7.87. The number of nitrogens with two attached hydrogens (primary N) is 2. The van der Waals surface area contributed by atoms with E-state index in [9.17, 15) is 14.4 Å². The van der Waals surface area contributed by atoms with Crippen molar-refractivity contribution in [1.82, 2.24) is 10.6 Å². The molecule has 0 bridgehead atoms. The lowest BCUT2D eigenvalue weighted by molar-refractivity contribution is -0.139. The summed E-state index contributed by atoms with van der Waals surface area (Å²) in [7, 11) is -1.17. The molecule has 2 saturated heterocycles. The molecule has 2 aliphatic rings. The van der Waals surface area contributed by atoms with Gasteiger partial charge in [0.2, 0.25) is 0 Å². The number of hydrogen-bond acceptors (Lipinski definition) is 9. The molecule has 12 nitrogen and oxygen atoms in total. The first-order valence-corrected chi connectivity index (χ1v) is 11.0. The number of hydrogen-bond donors (Lipinski definition) is 9. The van der Waals surface area contributed by atoms with Gasteiger partial charge < -0.3 is 47.5 Å². The molecule has 4 atom stereocenters. The summed E-state index contributed by atoms with van der Waals surface area (Å²) in [5, 5.41) is 47.6. The Morgan fingerprint density at radius 1 is 0.971 bits per heavy atom. The van der Waals surface area contributed by atoms with Gasteiger partial charge in [0.05, 0.1) is 0 Å². The van der Waals surface area contributed by atoms with Crippen LogP contribution in [0.2, 0.25) is 0 Å². The summed E-state index contributed by atoms with van der Waals surface area (Å²) >= 11 is 0. The van der Waals surface area contributed by atoms with Crippen LogP contribution in [0.4, 0.5) is 0 Å². The highest BCUT2D eigenvalue weighted by molar-refractivity contribution is 6.43. The monoisotopic (exact) mass is 484 g/mol. The summed E-state index contributed by atoms with van der Waals surface area (Å²) in [6.07, 6.45) is 4.11. The lowest BCUT2D eigenvalue weighted by atomic mass is 9.79. The molecule has 2 fully saturated rings. The Morgan fingerprint density at radius 3 is 1.79 bits per heavy atom. The van der Waals surface area contributed by atoms with Crippen LogP contribution in [0.3, 0.4) is 0 Å². The Bertz CT molecular complexity index is 712. The molecule has 192 valence electrons. The normalized spacial score (nSPS) is 20.1. The van der Waals surface area contributed by atoms with E-state index in [1.807, 2.05) is 30.3 Å². The molecule has 0 radical (unpaired) electrons. The maximum atomic E-state index is 10.4. The lowest BCUT2D eigenvalue weighted by Crippen LogP contribution is -2.38. The van der Waals surface area contributed by atoms with Crippen molar-refractivity contribution in [3.8, 4) is 0 Å². The molecule has 0 spiro atoms. The van der Waals surface area contributed by atoms with E-state index in [0.717, 1.165) is 44.3 Å². The zero-order valence-electron chi connectivity index (χ0n) is 19.3. The Morgan fingerprint density at radius 2 is 1.50 bits per heavy atom. The third-order valence-corrected chi connectivity index (χ3v) is 4.82. The number of aliphatic carboxylic acids is 3. The molecule has 0 unspecified atom stereocenters. The summed E-state index contributed by atoms with van der Waals surface area (Å²) in [4.78, 5) is 30.1. The quantitative estimate of drug-likeness (QED) is 0.213. The van der Waals surface area contributed by atoms with Crippen LogP contribution in [0, 0.1) is 0 Å². The van der Waals surface area contributed by atoms with Gasteiger partial charge in [0.25, 0.3) is 0 Å². The predicted octanol–water partition coefficient (Wildman–Crippen LogP) is -1.37. The fourth-order valence-electron chi connectivity index (χ4n) is 2.82. The van der Waals surface area contributed by atoms with Crippen LogP contribution in [0.1, 0.15) is 38.2 Å². The first-order valence-electron chi connectivity index (χ1n) is 11.0. The summed E-state index contributed by atoms with van der Waals surface area (Å²) in [5.41, 5.74) is 11.1. The van der Waals surface area contributed by atoms with Gasteiger partial charge in [0.15, 0.2) is 0 Å². The molecular weight excluding hydrogens is 447 g/mol. The molecular formula is C21H37BN4O8. The Labute approximate surface area is 199 Å². The average molecular weight is 484 g/mol. The SMILES string of the molecule is C[C@H](N)C(=O)O.N[C@@H](Cc1ccccc1)C(=O)O.O=C(O)[C@@H]1CCCN1.OB(O)[C@@H]1CCCN1. The predicted molar refractivity (Wildman–Crippen MR) is 127 cm³/mol. The molecule has 11 N–H and O–H groups in total. The fourth-order valence-corrected chi connectivity index (χ4v) is 2.82. The van der Waals surface area contributed by atoms with Crippen molar-refractivity contribution < 1.29 is 39.8 Å². The smallest absolute Gasteiger partial charge is 0.469 e. The van der Waals surface area contributed by atoms with E-state index in [0.29, 0.717) is 6.42 Å². The van der Waals surface area contributed by atoms with E-state index in [1.165, 1.54) is 6.92 Å². The molecule has 1 aromatic rings. The summed E-state index contributed by atoms with van der Waals surface area (Å²) in [6, 6.07) is 7.54. The number of carboxylic acid groups (broad SMARTS) is 3. The van der Waals surface area contributed by atoms with Crippen LogP contribution >= 0.6 is 0 Å². The van der Waals surface area contributed by atoms with E-state index >= 15 is 0 Å². The van der Waals surface area contributed by atoms with Gasteiger partial charge >= 0.3 is 25.0 Å². The van der Waals surface area contributed by atoms with E-state index in [2.05, 4.69) is 10.6 Å². The minimum Gasteiger partial charge on any atom is -0.480 e. The minimum atomic E-state index is -1.17. The molecule has 1 aromatic carbocycles. The van der Waals surface area contributed by atoms with Gasteiger partial charge in [-0.25, -0.2) is 0 Å². The Hall–Kier alpha value is -2.55. The number of nitrogens with one attached hydrogen (secondary N) is 2. The highest BCUT2D eigenvalue weighted by Crippen LogP contribution is 2.05. The molecule has 0 saturated carbocycles. The van der Waals surface area contributed by atoms with Gasteiger partial charge in [-0.3, -0.25) is 14.4 Å². The lowest BCUT2D eigenvalue weighted by Gasteiger charge is -2.05. The highest BCUT2D eigenvalue weighted by Gasteiger charge is 2.25. The van der Waals surface area contributed by atoms with Crippen LogP contribution in [0.15, 0.2) is 30.3 Å². The van der Waals surface area contributed by atoms with Crippen LogP contribution in [0.5, 0.6) is 0 Å². The largest absolute Gasteiger partial charge is 0.480 e. The molecule has 0 aliphatic carbocycles. The topological polar surface area (TPSA) is 228 Å². The summed E-state index contributed by atoms with van der Waals surface area (Å²) in [6.45, 7) is 3.20. The van der Waals surface area contributed by atoms with E-state index in [1.54, 1.807) is 0 Å². The van der Waals surface area contributed by atoms with Gasteiger partial charge in [-0.1, -0.05) is 30.3 Å². The first kappa shape index (κ1) is 31.5. The molecule has 0 aromatic heterocycles. The van der Waals surface area contributed by atoms with E-state index < -0.39 is 37.1 Å². The fraction of sp³-hybridized carbons (Fsp3) is 0.571. The van der Waals surface area contributed by atoms with E-state index in [4.69, 9.17) is 36.8 Å². The van der Waals surface area contributed by atoms with Crippen LogP contribution in [-0.4, -0.2) is 87.6 Å². The summed E-state index contributed by atoms with van der Waals surface area (Å²) < 4.78 is 0. The second kappa shape index (κ2) is 17.9. The summed E-state index contributed by atoms with van der Waals surface area (Å²) in [5.74, 6) is -2.72. The van der Waals surface area contributed by atoms with Crippen molar-refractivity contribution in [2.24, 2.45) is 11.5 Å². The van der Waals surface area contributed by atoms with Gasteiger partial charge in [0, 0.05) is 5.94 Å². The zero-order chi connectivity index (χ0) is 26.1. The average Bonchev–Trinajstić information content (AvgIpc) is 3.50. The van der Waals surface area contributed by atoms with Crippen molar-refractivity contribution in [2.45, 2.75) is 63.1 Å². The third kappa shape index (κ3) is 15.3. The molecule has 2 aliphatic heterocycles. The standard InChI is InChI=1S/C9H11NO2.C5H9NO2.C4H10BNO2.C3H7NO2/c10-8(9(11)12)6-7-4-2-1-3-5-7;2*7-5(8)4-2-1-3-6-4;1-2(4)3(5)6/h1-5,8H,6,10H2,(H,11,12);4,6H,1-3H2,(H,7,8);4,6-8H,1-3H2;2H,4H2,1H3,(H,5,6)/t8-;2*4-;2-/m0000/s1. The Balaban J connectivity index is 0.000000442. The molecule has 13 heteroatoms. The van der Waals surface area contributed by atoms with Gasteiger partial charge in [-0.15, -0.1) is 0 Å². The first-order chi connectivity index (χ1) is 16.0. The van der Waals surface area contributed by atoms with Crippen LogP contribution < -0.4 is 22.1 Å². The van der Waals surface area contributed by atoms with Crippen molar-refractivity contribution in [3.63, 3.8) is 0 Å². The molecule has 0 amide bonds. The minimum absolute atomic E-state index is 0.0741. The Kier molecular flexibility index (Phi) is 16.5. The van der Waals surface area contributed by atoms with Crippen molar-refractivity contribution in [1.29, 1.82) is 0 Å². The maximum absolute atomic E-state index is 10.4. The van der Waals surface area contributed by atoms with Crippen molar-refractivity contribution >= 4 is 25.0 Å². The number of rotatable bonds is 6. The number of carbonyl (C=O) groups is 3. The maximum Gasteiger partial charge on any atom is 0.469 e. The van der Waals surface area contributed by atoms with Crippen molar-refractivity contribution in [3.05, 3.63) is 35.9 Å². The molecule has 3 rings (SSSR count). The zero-order valence-corrected chi connectivity index (χ0v) is 19.3. The van der Waals surface area contributed by atoms with Gasteiger partial charge in [-0.2, -0.15) is 0 Å². The van der Waals surface area contributed by atoms with Gasteiger partial charge in [0.1, 0.15) is 18.1 Å². The molecule has 34 heavy (non-hydrogen) atoms. The third-order valence-electron chi connectivity index (χ3n) is 4.82. The van der Waals surface area contributed by atoms with Crippen LogP contribution in [-0.2, 0) is 20.8 Å². The van der Waals surface area contributed by atoms with E-state index in [-0.39, 0.29) is 12.0 Å². The number of benzene rings is 1. The van der Waals surface area contributed by atoms with Gasteiger partial charge in [-0.05, 0) is 57.7 Å². The highest BCUT2D eigenvalue weighted by atomic mass is 16.4. The molecule has 2 heterocycles.